The van der Waals surface area contributed by atoms with E-state index in [2.05, 4.69) is 20.3 Å². The van der Waals surface area contributed by atoms with Gasteiger partial charge in [-0.1, -0.05) is 30.3 Å². The maximum Gasteiger partial charge on any atom is 0.242 e. The molecular formula is C22H21N5O2S. The van der Waals surface area contributed by atoms with Crippen LogP contribution in [0.1, 0.15) is 5.56 Å². The summed E-state index contributed by atoms with van der Waals surface area (Å²) in [6.45, 7) is 0.546. The van der Waals surface area contributed by atoms with Gasteiger partial charge < -0.3 is 5.32 Å². The van der Waals surface area contributed by atoms with Crippen molar-refractivity contribution in [3.63, 3.8) is 0 Å². The van der Waals surface area contributed by atoms with Crippen molar-refractivity contribution >= 4 is 26.7 Å². The molecule has 0 aliphatic carbocycles. The minimum atomic E-state index is -3.57. The number of benzene rings is 2. The maximum atomic E-state index is 12.6. The molecule has 2 aromatic heterocycles. The molecule has 0 radical (unpaired) electrons. The molecule has 0 aliphatic rings. The lowest BCUT2D eigenvalue weighted by Crippen LogP contribution is -2.22. The minimum absolute atomic E-state index is 0.195. The molecule has 0 fully saturated rings. The van der Waals surface area contributed by atoms with Gasteiger partial charge in [0.1, 0.15) is 5.82 Å². The van der Waals surface area contributed by atoms with Gasteiger partial charge in [-0.05, 0) is 35.9 Å². The first-order valence-electron chi connectivity index (χ1n) is 9.38. The highest BCUT2D eigenvalue weighted by Gasteiger charge is 2.19. The van der Waals surface area contributed by atoms with Crippen LogP contribution in [0, 0.1) is 0 Å². The average molecular weight is 420 g/mol. The average Bonchev–Trinajstić information content (AvgIpc) is 2.78. The Morgan fingerprint density at radius 3 is 2.47 bits per heavy atom. The first kappa shape index (κ1) is 19.9. The van der Waals surface area contributed by atoms with Crippen LogP contribution in [0.4, 0.5) is 5.82 Å². The van der Waals surface area contributed by atoms with Crippen LogP contribution in [0.3, 0.4) is 0 Å². The highest BCUT2D eigenvalue weighted by atomic mass is 32.2. The third-order valence-corrected chi connectivity index (χ3v) is 6.48. The van der Waals surface area contributed by atoms with E-state index < -0.39 is 10.0 Å². The minimum Gasteiger partial charge on any atom is -0.365 e. The van der Waals surface area contributed by atoms with Gasteiger partial charge in [0.15, 0.2) is 5.82 Å². The number of nitrogens with one attached hydrogen (secondary N) is 1. The van der Waals surface area contributed by atoms with E-state index in [1.54, 1.807) is 30.6 Å². The summed E-state index contributed by atoms with van der Waals surface area (Å²) in [6.07, 6.45) is 3.39. The lowest BCUT2D eigenvalue weighted by atomic mass is 10.2. The van der Waals surface area contributed by atoms with E-state index in [4.69, 9.17) is 0 Å². The Hall–Kier alpha value is -3.36. The van der Waals surface area contributed by atoms with E-state index in [0.717, 1.165) is 11.1 Å². The van der Waals surface area contributed by atoms with Gasteiger partial charge in [0.25, 0.3) is 0 Å². The number of aromatic nitrogens is 3. The normalized spacial score (nSPS) is 11.7. The largest absolute Gasteiger partial charge is 0.365 e. The summed E-state index contributed by atoms with van der Waals surface area (Å²) in [5, 5.41) is 3.98. The molecule has 2 heterocycles. The summed E-state index contributed by atoms with van der Waals surface area (Å²) in [4.78, 5) is 13.7. The molecule has 0 bridgehead atoms. The van der Waals surface area contributed by atoms with Crippen molar-refractivity contribution < 1.29 is 8.42 Å². The predicted molar refractivity (Wildman–Crippen MR) is 117 cm³/mol. The van der Waals surface area contributed by atoms with Crippen LogP contribution < -0.4 is 5.32 Å². The van der Waals surface area contributed by atoms with Gasteiger partial charge in [0, 0.05) is 44.0 Å². The van der Waals surface area contributed by atoms with E-state index in [1.807, 2.05) is 42.5 Å². The van der Waals surface area contributed by atoms with Crippen molar-refractivity contribution in [3.8, 4) is 11.4 Å². The van der Waals surface area contributed by atoms with Crippen LogP contribution in [-0.4, -0.2) is 41.8 Å². The van der Waals surface area contributed by atoms with Crippen LogP contribution in [0.25, 0.3) is 22.3 Å². The molecule has 0 atom stereocenters. The Bertz CT molecular complexity index is 1280. The van der Waals surface area contributed by atoms with E-state index in [9.17, 15) is 8.42 Å². The Morgan fingerprint density at radius 2 is 1.77 bits per heavy atom. The number of sulfonamides is 1. The van der Waals surface area contributed by atoms with Gasteiger partial charge >= 0.3 is 0 Å². The molecule has 4 rings (SSSR count). The van der Waals surface area contributed by atoms with Gasteiger partial charge in [-0.2, -0.15) is 0 Å². The summed E-state index contributed by atoms with van der Waals surface area (Å²) < 4.78 is 26.4. The molecule has 1 N–H and O–H groups in total. The fourth-order valence-electron chi connectivity index (χ4n) is 3.02. The lowest BCUT2D eigenvalue weighted by Gasteiger charge is -2.14. The highest BCUT2D eigenvalue weighted by Crippen LogP contribution is 2.28. The van der Waals surface area contributed by atoms with Gasteiger partial charge in [-0.25, -0.2) is 22.7 Å². The maximum absolute atomic E-state index is 12.6. The number of pyridine rings is 1. The van der Waals surface area contributed by atoms with Gasteiger partial charge in [0.2, 0.25) is 10.0 Å². The van der Waals surface area contributed by atoms with Crippen LogP contribution in [0.2, 0.25) is 0 Å². The van der Waals surface area contributed by atoms with E-state index in [0.29, 0.717) is 29.1 Å². The summed E-state index contributed by atoms with van der Waals surface area (Å²) in [6, 6.07) is 18.5. The Labute approximate surface area is 175 Å². The number of fused-ring (bicyclic) bond motifs is 1. The van der Waals surface area contributed by atoms with E-state index >= 15 is 0 Å². The molecule has 0 saturated carbocycles. The summed E-state index contributed by atoms with van der Waals surface area (Å²) in [5.41, 5.74) is 2.52. The standard InChI is InChI=1S/C22H21N5O2S/c1-27(2)30(28,29)18-10-11-20-19(13-18)22(24-14-16-7-4-3-5-8-16)26-21(25-20)17-9-6-12-23-15-17/h3-13,15H,14H2,1-2H3,(H,24,25,26). The lowest BCUT2D eigenvalue weighted by molar-refractivity contribution is 0.521. The first-order valence-corrected chi connectivity index (χ1v) is 10.8. The van der Waals surface area contributed by atoms with Crippen molar-refractivity contribution in [3.05, 3.63) is 78.6 Å². The van der Waals surface area contributed by atoms with Crippen molar-refractivity contribution in [1.29, 1.82) is 0 Å². The zero-order valence-electron chi connectivity index (χ0n) is 16.6. The molecule has 4 aromatic rings. The van der Waals surface area contributed by atoms with E-state index in [-0.39, 0.29) is 4.90 Å². The quantitative estimate of drug-likeness (QED) is 0.514. The highest BCUT2D eigenvalue weighted by molar-refractivity contribution is 7.89. The van der Waals surface area contributed by atoms with Gasteiger partial charge in [0.05, 0.1) is 10.4 Å². The van der Waals surface area contributed by atoms with Crippen molar-refractivity contribution in [1.82, 2.24) is 19.3 Å². The summed E-state index contributed by atoms with van der Waals surface area (Å²) in [5.74, 6) is 1.09. The monoisotopic (exact) mass is 419 g/mol. The van der Waals surface area contributed by atoms with Crippen molar-refractivity contribution in [2.45, 2.75) is 11.4 Å². The topological polar surface area (TPSA) is 88.1 Å². The second-order valence-electron chi connectivity index (χ2n) is 6.94. The predicted octanol–water partition coefficient (Wildman–Crippen LogP) is 3.55. The van der Waals surface area contributed by atoms with E-state index in [1.165, 1.54) is 18.4 Å². The summed E-state index contributed by atoms with van der Waals surface area (Å²) >= 11 is 0. The SMILES string of the molecule is CN(C)S(=O)(=O)c1ccc2nc(-c3cccnc3)nc(NCc3ccccc3)c2c1. The molecule has 152 valence electrons. The molecule has 0 spiro atoms. The Morgan fingerprint density at radius 1 is 0.967 bits per heavy atom. The third-order valence-electron chi connectivity index (χ3n) is 4.67. The fourth-order valence-corrected chi connectivity index (χ4v) is 3.95. The molecule has 0 saturated heterocycles. The third kappa shape index (κ3) is 4.00. The molecule has 30 heavy (non-hydrogen) atoms. The van der Waals surface area contributed by atoms with Crippen LogP contribution in [-0.2, 0) is 16.6 Å². The van der Waals surface area contributed by atoms with Crippen LogP contribution in [0.5, 0.6) is 0 Å². The number of anilines is 1. The fraction of sp³-hybridized carbons (Fsp3) is 0.136. The van der Waals surface area contributed by atoms with Gasteiger partial charge in [-0.15, -0.1) is 0 Å². The first-order chi connectivity index (χ1) is 14.4. The smallest absolute Gasteiger partial charge is 0.242 e. The number of hydrogen-bond acceptors (Lipinski definition) is 6. The van der Waals surface area contributed by atoms with Gasteiger partial charge in [-0.3, -0.25) is 4.98 Å². The zero-order chi connectivity index (χ0) is 21.1. The molecule has 8 heteroatoms. The number of rotatable bonds is 6. The molecular weight excluding hydrogens is 398 g/mol. The molecule has 2 aromatic carbocycles. The second-order valence-corrected chi connectivity index (χ2v) is 9.09. The molecule has 0 unspecified atom stereocenters. The van der Waals surface area contributed by atoms with Crippen molar-refractivity contribution in [2.75, 3.05) is 19.4 Å². The molecule has 0 amide bonds. The van der Waals surface area contributed by atoms with Crippen molar-refractivity contribution in [2.24, 2.45) is 0 Å². The number of nitrogens with zero attached hydrogens (tertiary/aromatic N) is 4. The zero-order valence-corrected chi connectivity index (χ0v) is 17.5. The Balaban J connectivity index is 1.84. The second kappa shape index (κ2) is 8.17. The molecule has 7 nitrogen and oxygen atoms in total. The van der Waals surface area contributed by atoms with Crippen LogP contribution in [0.15, 0.2) is 78.0 Å². The summed E-state index contributed by atoms with van der Waals surface area (Å²) in [7, 11) is -0.554. The van der Waals surface area contributed by atoms with Crippen LogP contribution >= 0.6 is 0 Å². The Kier molecular flexibility index (Phi) is 5.43. The number of hydrogen-bond donors (Lipinski definition) is 1. The molecule has 0 aliphatic heterocycles.